The average molecular weight is 376 g/mol. The fraction of sp³-hybridized carbons (Fsp3) is 0.227. The van der Waals surface area contributed by atoms with Crippen molar-refractivity contribution in [1.29, 1.82) is 0 Å². The van der Waals surface area contributed by atoms with Crippen molar-refractivity contribution in [2.24, 2.45) is 5.92 Å². The zero-order valence-electron chi connectivity index (χ0n) is 15.4. The van der Waals surface area contributed by atoms with Gasteiger partial charge in [-0.05, 0) is 29.8 Å². The molecule has 4 rings (SSSR count). The molecule has 142 valence electrons. The molecule has 1 aromatic heterocycles. The number of ether oxygens (including phenoxy) is 1. The minimum absolute atomic E-state index is 0.164. The number of rotatable bonds is 4. The molecular formula is C22H20N2O4. The van der Waals surface area contributed by atoms with E-state index in [1.165, 1.54) is 0 Å². The van der Waals surface area contributed by atoms with Crippen molar-refractivity contribution < 1.29 is 19.4 Å². The molecule has 28 heavy (non-hydrogen) atoms. The Morgan fingerprint density at radius 2 is 1.93 bits per heavy atom. The summed E-state index contributed by atoms with van der Waals surface area (Å²) in [7, 11) is 1.56. The fourth-order valence-electron chi connectivity index (χ4n) is 3.89. The highest BCUT2D eigenvalue weighted by Crippen LogP contribution is 2.38. The molecule has 0 radical (unpaired) electrons. The topological polar surface area (TPSA) is 79.7 Å². The SMILES string of the molecule is COc1ccccc1[C@@H]1CN(C(=O)c2ccc3cccnc3c2)C[C@H]1C(=O)O. The molecule has 1 aliphatic rings. The Labute approximate surface area is 162 Å². The van der Waals surface area contributed by atoms with Gasteiger partial charge in [-0.25, -0.2) is 0 Å². The lowest BCUT2D eigenvalue weighted by Crippen LogP contribution is -2.29. The summed E-state index contributed by atoms with van der Waals surface area (Å²) >= 11 is 0. The molecule has 0 saturated carbocycles. The molecule has 0 aliphatic carbocycles. The van der Waals surface area contributed by atoms with Crippen molar-refractivity contribution in [3.63, 3.8) is 0 Å². The number of hydrogen-bond acceptors (Lipinski definition) is 4. The third kappa shape index (κ3) is 3.17. The maximum Gasteiger partial charge on any atom is 0.308 e. The van der Waals surface area contributed by atoms with Gasteiger partial charge in [-0.15, -0.1) is 0 Å². The van der Waals surface area contributed by atoms with Gasteiger partial charge in [-0.2, -0.15) is 0 Å². The smallest absolute Gasteiger partial charge is 0.308 e. The number of carbonyl (C=O) groups excluding carboxylic acids is 1. The first-order valence-corrected chi connectivity index (χ1v) is 9.08. The molecule has 1 fully saturated rings. The number of aliphatic carboxylic acids is 1. The maximum absolute atomic E-state index is 13.1. The molecule has 1 N–H and O–H groups in total. The Kier molecular flexibility index (Phi) is 4.69. The van der Waals surface area contributed by atoms with Gasteiger partial charge in [0.2, 0.25) is 0 Å². The lowest BCUT2D eigenvalue weighted by Gasteiger charge is -2.18. The summed E-state index contributed by atoms with van der Waals surface area (Å²) < 4.78 is 5.41. The molecule has 0 unspecified atom stereocenters. The second-order valence-corrected chi connectivity index (χ2v) is 6.91. The number of nitrogens with zero attached hydrogens (tertiary/aromatic N) is 2. The van der Waals surface area contributed by atoms with E-state index in [1.807, 2.05) is 42.5 Å². The number of para-hydroxylation sites is 1. The first kappa shape index (κ1) is 18.0. The average Bonchev–Trinajstić information content (AvgIpc) is 3.18. The van der Waals surface area contributed by atoms with Crippen LogP contribution in [0.4, 0.5) is 0 Å². The highest BCUT2D eigenvalue weighted by atomic mass is 16.5. The van der Waals surface area contributed by atoms with Gasteiger partial charge in [0, 0.05) is 36.2 Å². The lowest BCUT2D eigenvalue weighted by atomic mass is 9.88. The number of carboxylic acids is 1. The molecule has 0 bridgehead atoms. The van der Waals surface area contributed by atoms with Gasteiger partial charge < -0.3 is 14.7 Å². The van der Waals surface area contributed by atoms with Gasteiger partial charge in [0.25, 0.3) is 5.91 Å². The number of hydrogen-bond donors (Lipinski definition) is 1. The van der Waals surface area contributed by atoms with Gasteiger partial charge in [0.05, 0.1) is 18.5 Å². The van der Waals surface area contributed by atoms with E-state index in [0.717, 1.165) is 16.5 Å². The summed E-state index contributed by atoms with van der Waals surface area (Å²) in [6.07, 6.45) is 1.69. The molecule has 2 atom stereocenters. The van der Waals surface area contributed by atoms with E-state index < -0.39 is 11.9 Å². The summed E-state index contributed by atoms with van der Waals surface area (Å²) in [5.74, 6) is -1.46. The fourth-order valence-corrected chi connectivity index (χ4v) is 3.89. The Morgan fingerprint density at radius 3 is 2.71 bits per heavy atom. The Hall–Kier alpha value is -3.41. The van der Waals surface area contributed by atoms with Gasteiger partial charge in [0.1, 0.15) is 5.75 Å². The number of methoxy groups -OCH3 is 1. The standard InChI is InChI=1S/C22H20N2O4/c1-28-20-7-3-2-6-16(20)17-12-24(13-18(17)22(26)27)21(25)15-9-8-14-5-4-10-23-19(14)11-15/h2-11,17-18H,12-13H2,1H3,(H,26,27)/t17-,18+/m0/s1. The molecule has 1 saturated heterocycles. The molecular weight excluding hydrogens is 356 g/mol. The quantitative estimate of drug-likeness (QED) is 0.756. The van der Waals surface area contributed by atoms with Crippen LogP contribution in [-0.4, -0.2) is 47.1 Å². The van der Waals surface area contributed by atoms with E-state index in [1.54, 1.807) is 30.3 Å². The lowest BCUT2D eigenvalue weighted by molar-refractivity contribution is -0.141. The number of aromatic nitrogens is 1. The summed E-state index contributed by atoms with van der Waals surface area (Å²) in [6, 6.07) is 16.5. The number of amides is 1. The molecule has 1 aliphatic heterocycles. The van der Waals surface area contributed by atoms with Crippen molar-refractivity contribution in [2.75, 3.05) is 20.2 Å². The zero-order chi connectivity index (χ0) is 19.7. The Balaban J connectivity index is 1.65. The van der Waals surface area contributed by atoms with Crippen LogP contribution in [0, 0.1) is 5.92 Å². The minimum atomic E-state index is -0.911. The van der Waals surface area contributed by atoms with Crippen molar-refractivity contribution in [2.45, 2.75) is 5.92 Å². The van der Waals surface area contributed by atoms with Crippen LogP contribution in [0.1, 0.15) is 21.8 Å². The third-order valence-electron chi connectivity index (χ3n) is 5.32. The van der Waals surface area contributed by atoms with Crippen LogP contribution in [0.15, 0.2) is 60.8 Å². The van der Waals surface area contributed by atoms with E-state index >= 15 is 0 Å². The third-order valence-corrected chi connectivity index (χ3v) is 5.32. The Bertz CT molecular complexity index is 1050. The number of pyridine rings is 1. The highest BCUT2D eigenvalue weighted by molar-refractivity contribution is 5.98. The monoisotopic (exact) mass is 376 g/mol. The Morgan fingerprint density at radius 1 is 1.11 bits per heavy atom. The molecule has 2 aromatic carbocycles. The number of fused-ring (bicyclic) bond motifs is 1. The first-order valence-electron chi connectivity index (χ1n) is 9.08. The number of carboxylic acid groups (broad SMARTS) is 1. The molecule has 1 amide bonds. The summed E-state index contributed by atoms with van der Waals surface area (Å²) in [6.45, 7) is 0.494. The van der Waals surface area contributed by atoms with E-state index in [4.69, 9.17) is 4.74 Å². The van der Waals surface area contributed by atoms with E-state index in [9.17, 15) is 14.7 Å². The number of benzene rings is 2. The van der Waals surface area contributed by atoms with Crippen LogP contribution < -0.4 is 4.74 Å². The molecule has 0 spiro atoms. The van der Waals surface area contributed by atoms with E-state index in [2.05, 4.69) is 4.98 Å². The van der Waals surface area contributed by atoms with Crippen molar-refractivity contribution in [1.82, 2.24) is 9.88 Å². The van der Waals surface area contributed by atoms with Crippen LogP contribution in [0.25, 0.3) is 10.9 Å². The van der Waals surface area contributed by atoms with Crippen LogP contribution in [0.2, 0.25) is 0 Å². The van der Waals surface area contributed by atoms with Gasteiger partial charge in [-0.1, -0.05) is 30.3 Å². The summed E-state index contributed by atoms with van der Waals surface area (Å²) in [4.78, 5) is 30.8. The van der Waals surface area contributed by atoms with Crippen molar-refractivity contribution in [3.05, 3.63) is 71.9 Å². The van der Waals surface area contributed by atoms with Crippen LogP contribution >= 0.6 is 0 Å². The van der Waals surface area contributed by atoms with Gasteiger partial charge in [0.15, 0.2) is 0 Å². The van der Waals surface area contributed by atoms with Gasteiger partial charge >= 0.3 is 5.97 Å². The highest BCUT2D eigenvalue weighted by Gasteiger charge is 2.41. The minimum Gasteiger partial charge on any atom is -0.496 e. The summed E-state index contributed by atoms with van der Waals surface area (Å²) in [5, 5.41) is 10.7. The van der Waals surface area contributed by atoms with Crippen molar-refractivity contribution in [3.8, 4) is 5.75 Å². The predicted octanol–water partition coefficient (Wildman–Crippen LogP) is 3.18. The van der Waals surface area contributed by atoms with Crippen molar-refractivity contribution >= 4 is 22.8 Å². The van der Waals surface area contributed by atoms with Crippen LogP contribution in [0.3, 0.4) is 0 Å². The maximum atomic E-state index is 13.1. The van der Waals surface area contributed by atoms with Gasteiger partial charge in [-0.3, -0.25) is 14.6 Å². The molecule has 3 aromatic rings. The zero-order valence-corrected chi connectivity index (χ0v) is 15.4. The molecule has 2 heterocycles. The van der Waals surface area contributed by atoms with E-state index in [0.29, 0.717) is 17.9 Å². The normalized spacial score (nSPS) is 19.0. The second-order valence-electron chi connectivity index (χ2n) is 6.91. The molecule has 6 heteroatoms. The van der Waals surface area contributed by atoms with Crippen LogP contribution in [0.5, 0.6) is 5.75 Å². The number of carbonyl (C=O) groups is 2. The van der Waals surface area contributed by atoms with Crippen LogP contribution in [-0.2, 0) is 4.79 Å². The first-order chi connectivity index (χ1) is 13.6. The molecule has 6 nitrogen and oxygen atoms in total. The van der Waals surface area contributed by atoms with E-state index in [-0.39, 0.29) is 18.4 Å². The number of likely N-dealkylation sites (tertiary alicyclic amines) is 1. The largest absolute Gasteiger partial charge is 0.496 e. The predicted molar refractivity (Wildman–Crippen MR) is 105 cm³/mol. The summed E-state index contributed by atoms with van der Waals surface area (Å²) in [5.41, 5.74) is 2.06. The second kappa shape index (κ2) is 7.31.